The third-order valence-electron chi connectivity index (χ3n) is 4.77. The van der Waals surface area contributed by atoms with Crippen molar-refractivity contribution in [3.63, 3.8) is 0 Å². The number of halogens is 2. The zero-order chi connectivity index (χ0) is 20.4. The fourth-order valence-corrected chi connectivity index (χ4v) is 3.36. The number of carbonyl (C=O) groups is 2. The molecule has 0 radical (unpaired) electrons. The average molecular weight is 393 g/mol. The maximum Gasteiger partial charge on any atom is 0.274 e. The van der Waals surface area contributed by atoms with Crippen LogP contribution in [0.2, 0.25) is 0 Å². The highest BCUT2D eigenvalue weighted by atomic mass is 19.2. The molecule has 1 aromatic heterocycles. The van der Waals surface area contributed by atoms with E-state index in [2.05, 4.69) is 10.3 Å². The first kappa shape index (κ1) is 18.7. The van der Waals surface area contributed by atoms with Gasteiger partial charge in [-0.15, -0.1) is 0 Å². The minimum Gasteiger partial charge on any atom is -0.321 e. The van der Waals surface area contributed by atoms with E-state index in [-0.39, 0.29) is 17.3 Å². The normalized spacial score (nSPS) is 13.0. The summed E-state index contributed by atoms with van der Waals surface area (Å²) >= 11 is 0. The minimum absolute atomic E-state index is 0.00544. The number of fused-ring (bicyclic) bond motifs is 1. The summed E-state index contributed by atoms with van der Waals surface area (Å²) in [5.74, 6) is -2.91. The second-order valence-corrected chi connectivity index (χ2v) is 6.70. The van der Waals surface area contributed by atoms with E-state index in [9.17, 15) is 18.4 Å². The molecule has 1 N–H and O–H groups in total. The molecule has 1 aliphatic rings. The van der Waals surface area contributed by atoms with Gasteiger partial charge in [0.25, 0.3) is 11.8 Å². The Balaban J connectivity index is 1.56. The van der Waals surface area contributed by atoms with Crippen molar-refractivity contribution in [3.05, 3.63) is 89.2 Å². The van der Waals surface area contributed by atoms with Gasteiger partial charge in [0.1, 0.15) is 5.69 Å². The molecular formula is C22H17F2N3O2. The van der Waals surface area contributed by atoms with E-state index in [1.165, 1.54) is 18.3 Å². The van der Waals surface area contributed by atoms with E-state index >= 15 is 0 Å². The molecule has 5 nitrogen and oxygen atoms in total. The summed E-state index contributed by atoms with van der Waals surface area (Å²) in [6.07, 6.45) is 3.15. The van der Waals surface area contributed by atoms with Gasteiger partial charge in [-0.2, -0.15) is 0 Å². The molecular weight excluding hydrogens is 376 g/mol. The van der Waals surface area contributed by atoms with Gasteiger partial charge in [-0.1, -0.05) is 18.2 Å². The van der Waals surface area contributed by atoms with Gasteiger partial charge in [-0.05, 0) is 48.7 Å². The van der Waals surface area contributed by atoms with Crippen LogP contribution in [0.1, 0.15) is 32.8 Å². The summed E-state index contributed by atoms with van der Waals surface area (Å²) in [6, 6.07) is 13.7. The number of anilines is 2. The molecule has 0 fully saturated rings. The van der Waals surface area contributed by atoms with Gasteiger partial charge in [0.05, 0.1) is 0 Å². The van der Waals surface area contributed by atoms with E-state index in [0.29, 0.717) is 12.1 Å². The van der Waals surface area contributed by atoms with Crippen molar-refractivity contribution in [3.8, 4) is 0 Å². The quantitative estimate of drug-likeness (QED) is 0.725. The highest BCUT2D eigenvalue weighted by molar-refractivity contribution is 6.09. The summed E-state index contributed by atoms with van der Waals surface area (Å²) in [6.45, 7) is 0.592. The minimum atomic E-state index is -1.07. The van der Waals surface area contributed by atoms with E-state index in [1.54, 1.807) is 11.0 Å². The van der Waals surface area contributed by atoms with Crippen LogP contribution in [0.25, 0.3) is 0 Å². The Morgan fingerprint density at radius 1 is 1.00 bits per heavy atom. The van der Waals surface area contributed by atoms with Crippen LogP contribution in [0.5, 0.6) is 0 Å². The highest BCUT2D eigenvalue weighted by Gasteiger charge is 2.24. The maximum atomic E-state index is 13.3. The second kappa shape index (κ2) is 7.79. The SMILES string of the molecule is O=C(Nc1ccc(F)c(F)c1)c1cc(C(=O)N2CCCc3ccccc32)ccn1. The van der Waals surface area contributed by atoms with Crippen LogP contribution < -0.4 is 10.2 Å². The number of para-hydroxylation sites is 1. The monoisotopic (exact) mass is 393 g/mol. The molecule has 1 aliphatic heterocycles. The van der Waals surface area contributed by atoms with Crippen LogP contribution in [-0.2, 0) is 6.42 Å². The first-order chi connectivity index (χ1) is 14.0. The molecule has 0 spiro atoms. The fraction of sp³-hybridized carbons (Fsp3) is 0.136. The number of rotatable bonds is 3. The van der Waals surface area contributed by atoms with Crippen molar-refractivity contribution in [1.29, 1.82) is 0 Å². The first-order valence-electron chi connectivity index (χ1n) is 9.15. The first-order valence-corrected chi connectivity index (χ1v) is 9.15. The smallest absolute Gasteiger partial charge is 0.274 e. The molecule has 146 valence electrons. The Morgan fingerprint density at radius 3 is 2.66 bits per heavy atom. The molecule has 2 aromatic carbocycles. The number of pyridine rings is 1. The van der Waals surface area contributed by atoms with Gasteiger partial charge in [-0.3, -0.25) is 14.6 Å². The van der Waals surface area contributed by atoms with Crippen molar-refractivity contribution in [2.75, 3.05) is 16.8 Å². The molecule has 2 heterocycles. The predicted molar refractivity (Wildman–Crippen MR) is 105 cm³/mol. The van der Waals surface area contributed by atoms with Crippen LogP contribution in [0.3, 0.4) is 0 Å². The zero-order valence-corrected chi connectivity index (χ0v) is 15.4. The Hall–Kier alpha value is -3.61. The summed E-state index contributed by atoms with van der Waals surface area (Å²) in [5, 5.41) is 2.45. The van der Waals surface area contributed by atoms with Crippen LogP contribution in [0, 0.1) is 11.6 Å². The molecule has 0 saturated heterocycles. The number of nitrogens with one attached hydrogen (secondary N) is 1. The number of nitrogens with zero attached hydrogens (tertiary/aromatic N) is 2. The van der Waals surface area contributed by atoms with Crippen molar-refractivity contribution >= 4 is 23.2 Å². The second-order valence-electron chi connectivity index (χ2n) is 6.70. The van der Waals surface area contributed by atoms with Gasteiger partial charge in [0.15, 0.2) is 11.6 Å². The van der Waals surface area contributed by atoms with E-state index < -0.39 is 17.5 Å². The number of benzene rings is 2. The summed E-state index contributed by atoms with van der Waals surface area (Å²) in [5.41, 5.74) is 2.40. The van der Waals surface area contributed by atoms with Gasteiger partial charge in [-0.25, -0.2) is 8.78 Å². The van der Waals surface area contributed by atoms with Crippen LogP contribution in [0.4, 0.5) is 20.2 Å². The summed E-state index contributed by atoms with van der Waals surface area (Å²) < 4.78 is 26.4. The number of hydrogen-bond donors (Lipinski definition) is 1. The van der Waals surface area contributed by atoms with Crippen molar-refractivity contribution in [2.45, 2.75) is 12.8 Å². The molecule has 0 atom stereocenters. The lowest BCUT2D eigenvalue weighted by atomic mass is 10.0. The third kappa shape index (κ3) is 3.85. The molecule has 0 aliphatic carbocycles. The number of amides is 2. The Bertz CT molecular complexity index is 1100. The Morgan fingerprint density at radius 2 is 1.83 bits per heavy atom. The number of aryl methyl sites for hydroxylation is 1. The Labute approximate surface area is 166 Å². The van der Waals surface area contributed by atoms with E-state index in [4.69, 9.17) is 0 Å². The third-order valence-corrected chi connectivity index (χ3v) is 4.77. The maximum absolute atomic E-state index is 13.3. The number of aromatic nitrogens is 1. The van der Waals surface area contributed by atoms with E-state index in [0.717, 1.165) is 36.2 Å². The van der Waals surface area contributed by atoms with Crippen LogP contribution in [0.15, 0.2) is 60.8 Å². The topological polar surface area (TPSA) is 62.3 Å². The predicted octanol–water partition coefficient (Wildman–Crippen LogP) is 4.21. The average Bonchev–Trinajstić information content (AvgIpc) is 2.75. The lowest BCUT2D eigenvalue weighted by Crippen LogP contribution is -2.35. The molecule has 0 saturated carbocycles. The van der Waals surface area contributed by atoms with Crippen molar-refractivity contribution < 1.29 is 18.4 Å². The van der Waals surface area contributed by atoms with Crippen LogP contribution >= 0.6 is 0 Å². The van der Waals surface area contributed by atoms with Gasteiger partial charge in [0, 0.05) is 35.7 Å². The van der Waals surface area contributed by atoms with Crippen LogP contribution in [-0.4, -0.2) is 23.3 Å². The number of carbonyl (C=O) groups excluding carboxylic acids is 2. The van der Waals surface area contributed by atoms with Gasteiger partial charge >= 0.3 is 0 Å². The molecule has 0 unspecified atom stereocenters. The Kier molecular flexibility index (Phi) is 5.03. The van der Waals surface area contributed by atoms with Crippen molar-refractivity contribution in [1.82, 2.24) is 4.98 Å². The lowest BCUT2D eigenvalue weighted by molar-refractivity contribution is 0.0985. The highest BCUT2D eigenvalue weighted by Crippen LogP contribution is 2.28. The lowest BCUT2D eigenvalue weighted by Gasteiger charge is -2.29. The number of hydrogen-bond acceptors (Lipinski definition) is 3. The van der Waals surface area contributed by atoms with E-state index in [1.807, 2.05) is 24.3 Å². The molecule has 29 heavy (non-hydrogen) atoms. The molecule has 4 rings (SSSR count). The molecule has 3 aromatic rings. The standard InChI is InChI=1S/C22H17F2N3O2/c23-17-8-7-16(13-18(17)24)26-21(28)19-12-15(9-10-25-19)22(29)27-11-3-5-14-4-1-2-6-20(14)27/h1-2,4,6-10,12-13H,3,5,11H2,(H,26,28). The van der Waals surface area contributed by atoms with Crippen molar-refractivity contribution in [2.24, 2.45) is 0 Å². The molecule has 7 heteroatoms. The van der Waals surface area contributed by atoms with Gasteiger partial charge < -0.3 is 10.2 Å². The summed E-state index contributed by atoms with van der Waals surface area (Å²) in [4.78, 5) is 31.2. The zero-order valence-electron chi connectivity index (χ0n) is 15.4. The fourth-order valence-electron chi connectivity index (χ4n) is 3.36. The summed E-state index contributed by atoms with van der Waals surface area (Å²) in [7, 11) is 0. The van der Waals surface area contributed by atoms with Gasteiger partial charge in [0.2, 0.25) is 0 Å². The molecule has 2 amide bonds. The largest absolute Gasteiger partial charge is 0.321 e. The molecule has 0 bridgehead atoms.